The second kappa shape index (κ2) is 3.93. The van der Waals surface area contributed by atoms with Gasteiger partial charge in [0.1, 0.15) is 5.01 Å². The van der Waals surface area contributed by atoms with E-state index in [0.29, 0.717) is 0 Å². The van der Waals surface area contributed by atoms with Crippen molar-refractivity contribution in [1.29, 1.82) is 0 Å². The summed E-state index contributed by atoms with van der Waals surface area (Å²) in [6.07, 6.45) is 3.18. The van der Waals surface area contributed by atoms with Crippen LogP contribution < -0.4 is 5.32 Å². The van der Waals surface area contributed by atoms with Crippen LogP contribution in [0.5, 0.6) is 0 Å². The zero-order valence-corrected chi connectivity index (χ0v) is 10.7. The summed E-state index contributed by atoms with van der Waals surface area (Å²) in [4.78, 5) is 9.54. The first-order chi connectivity index (χ1) is 8.92. The molecule has 1 aliphatic heterocycles. The molecule has 18 heavy (non-hydrogen) atoms. The summed E-state index contributed by atoms with van der Waals surface area (Å²) in [5.74, 6) is 0. The molecule has 0 aliphatic carbocycles. The van der Waals surface area contributed by atoms with Crippen LogP contribution in [0.4, 0.5) is 0 Å². The molecule has 0 amide bonds. The summed E-state index contributed by atoms with van der Waals surface area (Å²) < 4.78 is 0. The second-order valence-electron chi connectivity index (χ2n) is 4.56. The first kappa shape index (κ1) is 10.3. The maximum absolute atomic E-state index is 4.78. The largest absolute Gasteiger partial charge is 0.360 e. The molecule has 1 aromatic carbocycles. The van der Waals surface area contributed by atoms with Crippen molar-refractivity contribution in [3.63, 3.8) is 0 Å². The van der Waals surface area contributed by atoms with Crippen molar-refractivity contribution in [2.24, 2.45) is 0 Å². The van der Waals surface area contributed by atoms with Gasteiger partial charge < -0.3 is 10.3 Å². The molecule has 2 N–H and O–H groups in total. The predicted octanol–water partition coefficient (Wildman–Crippen LogP) is 2.94. The Morgan fingerprint density at radius 2 is 2.17 bits per heavy atom. The molecule has 4 rings (SSSR count). The summed E-state index contributed by atoms with van der Waals surface area (Å²) in [5, 5.41) is 5.77. The number of nitrogens with one attached hydrogen (secondary N) is 2. The zero-order chi connectivity index (χ0) is 11.9. The van der Waals surface area contributed by atoms with E-state index in [1.54, 1.807) is 0 Å². The van der Waals surface area contributed by atoms with Gasteiger partial charge in [-0.3, -0.25) is 0 Å². The second-order valence-corrected chi connectivity index (χ2v) is 5.65. The van der Waals surface area contributed by atoms with Crippen LogP contribution in [-0.4, -0.2) is 16.5 Å². The number of aromatic nitrogens is 2. The van der Waals surface area contributed by atoms with Crippen molar-refractivity contribution in [3.05, 3.63) is 41.0 Å². The first-order valence-corrected chi connectivity index (χ1v) is 6.99. The van der Waals surface area contributed by atoms with Crippen LogP contribution in [0, 0.1) is 0 Å². The number of nitrogens with zero attached hydrogens (tertiary/aromatic N) is 1. The number of thiazole rings is 1. The maximum atomic E-state index is 4.78. The average Bonchev–Trinajstić information content (AvgIpc) is 3.02. The van der Waals surface area contributed by atoms with Gasteiger partial charge in [-0.05, 0) is 12.5 Å². The molecular weight excluding hydrogens is 242 g/mol. The number of para-hydroxylation sites is 1. The number of fused-ring (bicyclic) bond motifs is 2. The summed E-state index contributed by atoms with van der Waals surface area (Å²) >= 11 is 1.84. The third-order valence-electron chi connectivity index (χ3n) is 3.42. The summed E-state index contributed by atoms with van der Waals surface area (Å²) in [6, 6.07) is 8.39. The molecule has 0 unspecified atom stereocenters. The fourth-order valence-electron chi connectivity index (χ4n) is 2.49. The Morgan fingerprint density at radius 1 is 1.22 bits per heavy atom. The molecule has 90 valence electrons. The van der Waals surface area contributed by atoms with E-state index in [0.717, 1.165) is 24.5 Å². The van der Waals surface area contributed by atoms with E-state index >= 15 is 0 Å². The van der Waals surface area contributed by atoms with E-state index in [1.165, 1.54) is 27.0 Å². The van der Waals surface area contributed by atoms with Gasteiger partial charge in [-0.25, -0.2) is 4.98 Å². The van der Waals surface area contributed by atoms with Crippen molar-refractivity contribution in [2.45, 2.75) is 13.0 Å². The molecule has 3 nitrogen and oxygen atoms in total. The normalized spacial score (nSPS) is 14.9. The number of rotatable bonds is 1. The van der Waals surface area contributed by atoms with Crippen LogP contribution in [-0.2, 0) is 13.0 Å². The molecule has 3 aromatic rings. The number of benzene rings is 1. The van der Waals surface area contributed by atoms with Gasteiger partial charge in [-0.15, -0.1) is 11.3 Å². The van der Waals surface area contributed by atoms with Crippen LogP contribution in [0.2, 0.25) is 0 Å². The fraction of sp³-hybridized carbons (Fsp3) is 0.214. The molecule has 0 saturated heterocycles. The monoisotopic (exact) mass is 255 g/mol. The lowest BCUT2D eigenvalue weighted by Gasteiger charge is -2.09. The quantitative estimate of drug-likeness (QED) is 0.702. The molecular formula is C14H13N3S. The van der Waals surface area contributed by atoms with Crippen LogP contribution in [0.15, 0.2) is 30.5 Å². The van der Waals surface area contributed by atoms with Gasteiger partial charge in [0, 0.05) is 40.6 Å². The smallest absolute Gasteiger partial charge is 0.126 e. The van der Waals surface area contributed by atoms with Gasteiger partial charge >= 0.3 is 0 Å². The van der Waals surface area contributed by atoms with Gasteiger partial charge in [0.2, 0.25) is 0 Å². The van der Waals surface area contributed by atoms with E-state index in [9.17, 15) is 0 Å². The summed E-state index contributed by atoms with van der Waals surface area (Å²) in [5.41, 5.74) is 3.63. The van der Waals surface area contributed by atoms with Gasteiger partial charge in [-0.1, -0.05) is 18.2 Å². The van der Waals surface area contributed by atoms with Crippen molar-refractivity contribution in [2.75, 3.05) is 6.54 Å². The molecule has 0 atom stereocenters. The third kappa shape index (κ3) is 1.50. The fourth-order valence-corrected chi connectivity index (χ4v) is 3.60. The third-order valence-corrected chi connectivity index (χ3v) is 4.61. The molecule has 3 heterocycles. The minimum Gasteiger partial charge on any atom is -0.360 e. The van der Waals surface area contributed by atoms with Gasteiger partial charge in [0.15, 0.2) is 0 Å². The van der Waals surface area contributed by atoms with Gasteiger partial charge in [0.05, 0.1) is 5.69 Å². The van der Waals surface area contributed by atoms with Crippen LogP contribution in [0.1, 0.15) is 10.6 Å². The Morgan fingerprint density at radius 3 is 3.11 bits per heavy atom. The van der Waals surface area contributed by atoms with Crippen LogP contribution in [0.25, 0.3) is 21.5 Å². The highest BCUT2D eigenvalue weighted by molar-refractivity contribution is 7.15. The standard InChI is InChI=1S/C14H13N3S/c1-2-4-11-9(3-1)10(7-16-11)14-17-12-8-15-6-5-13(12)18-14/h1-4,7,15-16H,5-6,8H2. The molecule has 0 saturated carbocycles. The maximum Gasteiger partial charge on any atom is 0.126 e. The SMILES string of the molecule is c1ccc2c(-c3nc4c(s3)CCNC4)c[nH]c2c1. The van der Waals surface area contributed by atoms with Gasteiger partial charge in [-0.2, -0.15) is 0 Å². The predicted molar refractivity (Wildman–Crippen MR) is 74.8 cm³/mol. The van der Waals surface area contributed by atoms with E-state index in [4.69, 9.17) is 4.98 Å². The Hall–Kier alpha value is -1.65. The number of hydrogen-bond donors (Lipinski definition) is 2. The molecule has 0 spiro atoms. The van der Waals surface area contributed by atoms with Crippen molar-refractivity contribution < 1.29 is 0 Å². The number of aromatic amines is 1. The van der Waals surface area contributed by atoms with Gasteiger partial charge in [0.25, 0.3) is 0 Å². The zero-order valence-electron chi connectivity index (χ0n) is 9.86. The lowest BCUT2D eigenvalue weighted by Crippen LogP contribution is -2.22. The number of H-pyrrole nitrogens is 1. The van der Waals surface area contributed by atoms with Crippen molar-refractivity contribution in [1.82, 2.24) is 15.3 Å². The summed E-state index contributed by atoms with van der Waals surface area (Å²) in [7, 11) is 0. The lowest BCUT2D eigenvalue weighted by molar-refractivity contribution is 0.639. The average molecular weight is 255 g/mol. The highest BCUT2D eigenvalue weighted by Crippen LogP contribution is 2.34. The Labute approximate surface area is 109 Å². The Bertz CT molecular complexity index is 687. The van der Waals surface area contributed by atoms with Crippen LogP contribution >= 0.6 is 11.3 Å². The molecule has 0 fully saturated rings. The van der Waals surface area contributed by atoms with E-state index in [1.807, 2.05) is 11.3 Å². The van der Waals surface area contributed by atoms with E-state index in [-0.39, 0.29) is 0 Å². The molecule has 1 aliphatic rings. The van der Waals surface area contributed by atoms with Crippen LogP contribution in [0.3, 0.4) is 0 Å². The summed E-state index contributed by atoms with van der Waals surface area (Å²) in [6.45, 7) is 1.98. The molecule has 0 bridgehead atoms. The van der Waals surface area contributed by atoms with E-state index < -0.39 is 0 Å². The molecule has 0 radical (unpaired) electrons. The molecule has 2 aromatic heterocycles. The number of hydrogen-bond acceptors (Lipinski definition) is 3. The van der Waals surface area contributed by atoms with Crippen molar-refractivity contribution >= 4 is 22.2 Å². The highest BCUT2D eigenvalue weighted by Gasteiger charge is 2.17. The van der Waals surface area contributed by atoms with E-state index in [2.05, 4.69) is 40.8 Å². The minimum absolute atomic E-state index is 0.911. The highest BCUT2D eigenvalue weighted by atomic mass is 32.1. The minimum atomic E-state index is 0.911. The first-order valence-electron chi connectivity index (χ1n) is 6.17. The Balaban J connectivity index is 1.89. The topological polar surface area (TPSA) is 40.7 Å². The Kier molecular flexibility index (Phi) is 2.25. The molecule has 4 heteroatoms. The lowest BCUT2D eigenvalue weighted by atomic mass is 10.2. The van der Waals surface area contributed by atoms with Crippen molar-refractivity contribution in [3.8, 4) is 10.6 Å².